The lowest BCUT2D eigenvalue weighted by molar-refractivity contribution is -0.115. The summed E-state index contributed by atoms with van der Waals surface area (Å²) >= 11 is 15.7. The van der Waals surface area contributed by atoms with Crippen molar-refractivity contribution in [3.8, 4) is 5.75 Å². The average molecular weight is 439 g/mol. The number of carbonyl (C=O) groups excluding carboxylic acids is 1. The molecule has 0 atom stereocenters. The highest BCUT2D eigenvalue weighted by atomic mass is 79.9. The molecular formula is C19H14BrCl2NO2. The number of halogens is 3. The van der Waals surface area contributed by atoms with Crippen LogP contribution in [0.3, 0.4) is 0 Å². The van der Waals surface area contributed by atoms with Gasteiger partial charge in [0.25, 0.3) is 0 Å². The van der Waals surface area contributed by atoms with Gasteiger partial charge in [0.1, 0.15) is 5.75 Å². The molecule has 3 nitrogen and oxygen atoms in total. The largest absolute Gasteiger partial charge is 0.496 e. The number of amides is 1. The molecule has 0 aliphatic rings. The van der Waals surface area contributed by atoms with E-state index in [1.54, 1.807) is 25.3 Å². The molecular weight excluding hydrogens is 425 g/mol. The summed E-state index contributed by atoms with van der Waals surface area (Å²) in [6.45, 7) is 0. The highest BCUT2D eigenvalue weighted by molar-refractivity contribution is 9.10. The van der Waals surface area contributed by atoms with Gasteiger partial charge in [-0.25, -0.2) is 0 Å². The summed E-state index contributed by atoms with van der Waals surface area (Å²) in [7, 11) is 1.59. The first kappa shape index (κ1) is 18.1. The minimum atomic E-state index is -0.219. The SMILES string of the molecule is COc1ccc2cc(Br)ccc2c1CC(=O)Nc1c(Cl)cccc1Cl. The molecule has 0 radical (unpaired) electrons. The van der Waals surface area contributed by atoms with Gasteiger partial charge in [0.2, 0.25) is 5.91 Å². The third kappa shape index (κ3) is 3.92. The molecule has 6 heteroatoms. The van der Waals surface area contributed by atoms with E-state index in [0.717, 1.165) is 20.8 Å². The molecule has 0 heterocycles. The predicted molar refractivity (Wildman–Crippen MR) is 107 cm³/mol. The zero-order valence-corrected chi connectivity index (χ0v) is 16.4. The van der Waals surface area contributed by atoms with Gasteiger partial charge in [0.05, 0.1) is 29.3 Å². The van der Waals surface area contributed by atoms with Crippen LogP contribution in [0.4, 0.5) is 5.69 Å². The van der Waals surface area contributed by atoms with Crippen molar-refractivity contribution in [1.29, 1.82) is 0 Å². The summed E-state index contributed by atoms with van der Waals surface area (Å²) in [6, 6.07) is 14.8. The van der Waals surface area contributed by atoms with Crippen molar-refractivity contribution in [1.82, 2.24) is 0 Å². The number of methoxy groups -OCH3 is 1. The highest BCUT2D eigenvalue weighted by Gasteiger charge is 2.15. The number of carbonyl (C=O) groups is 1. The van der Waals surface area contributed by atoms with Crippen LogP contribution in [0.5, 0.6) is 5.75 Å². The lowest BCUT2D eigenvalue weighted by Crippen LogP contribution is -2.15. The predicted octanol–water partition coefficient (Wildman–Crippen LogP) is 6.10. The van der Waals surface area contributed by atoms with Gasteiger partial charge >= 0.3 is 0 Å². The van der Waals surface area contributed by atoms with E-state index >= 15 is 0 Å². The van der Waals surface area contributed by atoms with E-state index in [4.69, 9.17) is 27.9 Å². The molecule has 0 aliphatic heterocycles. The normalized spacial score (nSPS) is 10.7. The molecule has 0 spiro atoms. The van der Waals surface area contributed by atoms with Crippen molar-refractivity contribution in [3.63, 3.8) is 0 Å². The Morgan fingerprint density at radius 2 is 1.84 bits per heavy atom. The van der Waals surface area contributed by atoms with Crippen LogP contribution in [0.1, 0.15) is 5.56 Å². The molecule has 3 rings (SSSR count). The second-order valence-corrected chi connectivity index (χ2v) is 7.16. The van der Waals surface area contributed by atoms with Crippen molar-refractivity contribution in [2.45, 2.75) is 6.42 Å². The van der Waals surface area contributed by atoms with Crippen LogP contribution in [0.2, 0.25) is 10.0 Å². The molecule has 1 N–H and O–H groups in total. The van der Waals surface area contributed by atoms with Crippen molar-refractivity contribution >= 4 is 61.5 Å². The van der Waals surface area contributed by atoms with Crippen LogP contribution in [-0.4, -0.2) is 13.0 Å². The Kier molecular flexibility index (Phi) is 5.52. The zero-order chi connectivity index (χ0) is 18.0. The van der Waals surface area contributed by atoms with Crippen molar-refractivity contribution in [2.24, 2.45) is 0 Å². The summed E-state index contributed by atoms with van der Waals surface area (Å²) in [5, 5.41) is 5.57. The monoisotopic (exact) mass is 437 g/mol. The molecule has 0 saturated carbocycles. The first-order chi connectivity index (χ1) is 12.0. The number of fused-ring (bicyclic) bond motifs is 1. The fourth-order valence-electron chi connectivity index (χ4n) is 2.68. The van der Waals surface area contributed by atoms with Gasteiger partial charge in [0.15, 0.2) is 0 Å². The Hall–Kier alpha value is -1.75. The number of hydrogen-bond donors (Lipinski definition) is 1. The Morgan fingerprint density at radius 1 is 1.12 bits per heavy atom. The number of hydrogen-bond acceptors (Lipinski definition) is 2. The third-order valence-electron chi connectivity index (χ3n) is 3.83. The maximum Gasteiger partial charge on any atom is 0.229 e. The Morgan fingerprint density at radius 3 is 2.52 bits per heavy atom. The Balaban J connectivity index is 1.95. The first-order valence-electron chi connectivity index (χ1n) is 7.48. The number of ether oxygens (including phenoxy) is 1. The van der Waals surface area contributed by atoms with E-state index in [0.29, 0.717) is 21.5 Å². The minimum absolute atomic E-state index is 0.143. The van der Waals surface area contributed by atoms with Gasteiger partial charge in [-0.3, -0.25) is 4.79 Å². The van der Waals surface area contributed by atoms with E-state index in [2.05, 4.69) is 21.2 Å². The molecule has 0 bridgehead atoms. The molecule has 128 valence electrons. The molecule has 0 saturated heterocycles. The molecule has 0 unspecified atom stereocenters. The average Bonchev–Trinajstić information content (AvgIpc) is 2.58. The van der Waals surface area contributed by atoms with Gasteiger partial charge < -0.3 is 10.1 Å². The number of nitrogens with one attached hydrogen (secondary N) is 1. The zero-order valence-electron chi connectivity index (χ0n) is 13.3. The molecule has 0 aliphatic carbocycles. The summed E-state index contributed by atoms with van der Waals surface area (Å²) in [5.41, 5.74) is 1.23. The number of benzene rings is 3. The van der Waals surface area contributed by atoms with E-state index in [9.17, 15) is 4.79 Å². The van der Waals surface area contributed by atoms with Crippen molar-refractivity contribution < 1.29 is 9.53 Å². The van der Waals surface area contributed by atoms with Crippen LogP contribution in [0.25, 0.3) is 10.8 Å². The second-order valence-electron chi connectivity index (χ2n) is 5.43. The van der Waals surface area contributed by atoms with Crippen LogP contribution in [0.15, 0.2) is 53.0 Å². The van der Waals surface area contributed by atoms with Gasteiger partial charge in [-0.2, -0.15) is 0 Å². The van der Waals surface area contributed by atoms with E-state index in [1.807, 2.05) is 30.3 Å². The first-order valence-corrected chi connectivity index (χ1v) is 9.03. The topological polar surface area (TPSA) is 38.3 Å². The molecule has 3 aromatic carbocycles. The second kappa shape index (κ2) is 7.65. The maximum absolute atomic E-state index is 12.6. The fraction of sp³-hybridized carbons (Fsp3) is 0.105. The molecule has 3 aromatic rings. The van der Waals surface area contributed by atoms with Crippen LogP contribution in [0, 0.1) is 0 Å². The van der Waals surface area contributed by atoms with E-state index < -0.39 is 0 Å². The van der Waals surface area contributed by atoms with Gasteiger partial charge in [-0.05, 0) is 41.1 Å². The van der Waals surface area contributed by atoms with E-state index in [1.165, 1.54) is 0 Å². The van der Waals surface area contributed by atoms with Crippen LogP contribution < -0.4 is 10.1 Å². The third-order valence-corrected chi connectivity index (χ3v) is 4.96. The molecule has 0 fully saturated rings. The van der Waals surface area contributed by atoms with Gasteiger partial charge in [-0.1, -0.05) is 57.3 Å². The fourth-order valence-corrected chi connectivity index (χ4v) is 3.55. The van der Waals surface area contributed by atoms with Crippen molar-refractivity contribution in [3.05, 3.63) is 68.6 Å². The number of rotatable bonds is 4. The molecule has 25 heavy (non-hydrogen) atoms. The molecule has 0 aromatic heterocycles. The lowest BCUT2D eigenvalue weighted by Gasteiger charge is -2.14. The van der Waals surface area contributed by atoms with Crippen LogP contribution >= 0.6 is 39.1 Å². The van der Waals surface area contributed by atoms with Gasteiger partial charge in [0, 0.05) is 10.0 Å². The van der Waals surface area contributed by atoms with Crippen molar-refractivity contribution in [2.75, 3.05) is 12.4 Å². The highest BCUT2D eigenvalue weighted by Crippen LogP contribution is 2.32. The quantitative estimate of drug-likeness (QED) is 0.534. The van der Waals surface area contributed by atoms with Crippen LogP contribution in [-0.2, 0) is 11.2 Å². The summed E-state index contributed by atoms with van der Waals surface area (Å²) < 4.78 is 6.41. The minimum Gasteiger partial charge on any atom is -0.496 e. The Labute approximate surface area is 164 Å². The Bertz CT molecular complexity index is 939. The lowest BCUT2D eigenvalue weighted by atomic mass is 10.0. The summed E-state index contributed by atoms with van der Waals surface area (Å²) in [4.78, 5) is 12.6. The summed E-state index contributed by atoms with van der Waals surface area (Å²) in [6.07, 6.45) is 0.143. The smallest absolute Gasteiger partial charge is 0.229 e. The molecule has 1 amide bonds. The maximum atomic E-state index is 12.6. The van der Waals surface area contributed by atoms with E-state index in [-0.39, 0.29) is 12.3 Å². The van der Waals surface area contributed by atoms with Gasteiger partial charge in [-0.15, -0.1) is 0 Å². The number of anilines is 1. The standard InChI is InChI=1S/C19H14BrCl2NO2/c1-25-17-8-5-11-9-12(20)6-7-13(11)14(17)10-18(24)23-19-15(21)3-2-4-16(19)22/h2-9H,10H2,1H3,(H,23,24). The number of para-hydroxylation sites is 1. The summed E-state index contributed by atoms with van der Waals surface area (Å²) in [5.74, 6) is 0.443.